The highest BCUT2D eigenvalue weighted by molar-refractivity contribution is 5.95. The molecule has 2 aliphatic rings. The Hall–Kier alpha value is -1.99. The maximum atomic E-state index is 12.5. The molecule has 7 heteroatoms. The highest BCUT2D eigenvalue weighted by atomic mass is 16.7. The fraction of sp³-hybridized carbons (Fsp3) is 0.611. The van der Waals surface area contributed by atoms with Crippen LogP contribution in [0.1, 0.15) is 36.0 Å². The van der Waals surface area contributed by atoms with E-state index in [2.05, 4.69) is 5.32 Å². The number of hydrogen-bond acceptors (Lipinski definition) is 6. The van der Waals surface area contributed by atoms with Crippen LogP contribution in [-0.2, 0) is 9.47 Å². The maximum Gasteiger partial charge on any atom is 0.251 e. The highest BCUT2D eigenvalue weighted by Crippen LogP contribution is 2.39. The molecule has 1 spiro atoms. The molecule has 0 aromatic heterocycles. The van der Waals surface area contributed by atoms with Gasteiger partial charge < -0.3 is 29.0 Å². The summed E-state index contributed by atoms with van der Waals surface area (Å²) in [4.78, 5) is 12.5. The number of rotatable bonds is 6. The molecule has 25 heavy (non-hydrogen) atoms. The third-order valence-corrected chi connectivity index (χ3v) is 4.70. The average molecular weight is 351 g/mol. The van der Waals surface area contributed by atoms with Crippen LogP contribution in [0.15, 0.2) is 12.1 Å². The summed E-state index contributed by atoms with van der Waals surface area (Å²) < 4.78 is 27.7. The van der Waals surface area contributed by atoms with E-state index in [4.69, 9.17) is 23.7 Å². The van der Waals surface area contributed by atoms with Crippen LogP contribution in [0.2, 0.25) is 0 Å². The first-order valence-electron chi connectivity index (χ1n) is 8.51. The summed E-state index contributed by atoms with van der Waals surface area (Å²) in [5, 5.41) is 2.89. The van der Waals surface area contributed by atoms with Crippen molar-refractivity contribution < 1.29 is 28.5 Å². The lowest BCUT2D eigenvalue weighted by atomic mass is 10.1. The van der Waals surface area contributed by atoms with Crippen molar-refractivity contribution in [1.82, 2.24) is 5.32 Å². The molecule has 1 aromatic carbocycles. The first-order chi connectivity index (χ1) is 12.1. The molecular weight excluding hydrogens is 326 g/mol. The van der Waals surface area contributed by atoms with Gasteiger partial charge in [0.15, 0.2) is 17.3 Å². The summed E-state index contributed by atoms with van der Waals surface area (Å²) >= 11 is 0. The summed E-state index contributed by atoms with van der Waals surface area (Å²) in [6.45, 7) is 0.910. The smallest absolute Gasteiger partial charge is 0.251 e. The largest absolute Gasteiger partial charge is 0.493 e. The van der Waals surface area contributed by atoms with Gasteiger partial charge in [0.1, 0.15) is 6.10 Å². The second kappa shape index (κ2) is 7.49. The van der Waals surface area contributed by atoms with Crippen molar-refractivity contribution in [3.63, 3.8) is 0 Å². The first kappa shape index (κ1) is 17.8. The third-order valence-electron chi connectivity index (χ3n) is 4.70. The number of amides is 1. The predicted molar refractivity (Wildman–Crippen MR) is 90.5 cm³/mol. The standard InChI is InChI=1S/C18H25NO6/c1-21-14-8-12(9-15(22-2)16(14)23-3)17(20)19-10-13-11-24-18(25-13)6-4-5-7-18/h8-9,13H,4-7,10-11H2,1-3H3,(H,19,20)/t13-/m0/s1. The molecule has 1 amide bonds. The Labute approximate surface area is 147 Å². The molecule has 1 aromatic rings. The normalized spacial score (nSPS) is 21.3. The molecule has 7 nitrogen and oxygen atoms in total. The van der Waals surface area contributed by atoms with Crippen molar-refractivity contribution in [2.75, 3.05) is 34.5 Å². The lowest BCUT2D eigenvalue weighted by molar-refractivity contribution is -0.161. The zero-order valence-electron chi connectivity index (χ0n) is 14.9. The minimum absolute atomic E-state index is 0.121. The van der Waals surface area contributed by atoms with Crippen LogP contribution in [0.4, 0.5) is 0 Å². The van der Waals surface area contributed by atoms with Gasteiger partial charge >= 0.3 is 0 Å². The second-order valence-electron chi connectivity index (χ2n) is 6.29. The van der Waals surface area contributed by atoms with E-state index in [1.807, 2.05) is 0 Å². The molecule has 138 valence electrons. The van der Waals surface area contributed by atoms with Gasteiger partial charge in [-0.15, -0.1) is 0 Å². The van der Waals surface area contributed by atoms with Gasteiger partial charge in [-0.25, -0.2) is 0 Å². The Kier molecular flexibility index (Phi) is 5.34. The zero-order valence-corrected chi connectivity index (χ0v) is 14.9. The van der Waals surface area contributed by atoms with Crippen LogP contribution in [-0.4, -0.2) is 52.3 Å². The molecule has 1 aliphatic heterocycles. The number of nitrogens with one attached hydrogen (secondary N) is 1. The van der Waals surface area contributed by atoms with Crippen LogP contribution in [0.5, 0.6) is 17.2 Å². The molecule has 0 unspecified atom stereocenters. The Balaban J connectivity index is 1.63. The Bertz CT molecular complexity index is 601. The summed E-state index contributed by atoms with van der Waals surface area (Å²) in [7, 11) is 4.56. The van der Waals surface area contributed by atoms with E-state index in [0.717, 1.165) is 25.7 Å². The molecule has 1 atom stereocenters. The van der Waals surface area contributed by atoms with Gasteiger partial charge in [0.05, 0.1) is 27.9 Å². The molecule has 3 rings (SSSR count). The Morgan fingerprint density at radius 2 is 1.80 bits per heavy atom. The van der Waals surface area contributed by atoms with E-state index >= 15 is 0 Å². The van der Waals surface area contributed by atoms with Gasteiger partial charge in [0, 0.05) is 24.9 Å². The van der Waals surface area contributed by atoms with Crippen LogP contribution in [0.25, 0.3) is 0 Å². The molecular formula is C18H25NO6. The van der Waals surface area contributed by atoms with Crippen molar-refractivity contribution >= 4 is 5.91 Å². The van der Waals surface area contributed by atoms with Gasteiger partial charge in [-0.1, -0.05) is 0 Å². The van der Waals surface area contributed by atoms with Gasteiger partial charge in [0.2, 0.25) is 5.75 Å². The van der Waals surface area contributed by atoms with E-state index in [0.29, 0.717) is 36.0 Å². The first-order valence-corrected chi connectivity index (χ1v) is 8.51. The topological polar surface area (TPSA) is 75.3 Å². The van der Waals surface area contributed by atoms with E-state index < -0.39 is 5.79 Å². The van der Waals surface area contributed by atoms with E-state index in [9.17, 15) is 4.79 Å². The second-order valence-corrected chi connectivity index (χ2v) is 6.29. The minimum atomic E-state index is -0.415. The van der Waals surface area contributed by atoms with Gasteiger partial charge in [-0.05, 0) is 25.0 Å². The summed E-state index contributed by atoms with van der Waals surface area (Å²) in [6, 6.07) is 3.25. The zero-order chi connectivity index (χ0) is 17.9. The van der Waals surface area contributed by atoms with Crippen molar-refractivity contribution in [2.45, 2.75) is 37.6 Å². The molecule has 1 heterocycles. The number of carbonyl (C=O) groups excluding carboxylic acids is 1. The molecule has 1 saturated carbocycles. The molecule has 0 radical (unpaired) electrons. The van der Waals surface area contributed by atoms with Gasteiger partial charge in [0.25, 0.3) is 5.91 Å². The van der Waals surface area contributed by atoms with Gasteiger partial charge in [-0.2, -0.15) is 0 Å². The van der Waals surface area contributed by atoms with E-state index in [1.165, 1.54) is 21.3 Å². The van der Waals surface area contributed by atoms with Crippen molar-refractivity contribution in [3.8, 4) is 17.2 Å². The molecule has 2 fully saturated rings. The lowest BCUT2D eigenvalue weighted by Crippen LogP contribution is -2.35. The number of methoxy groups -OCH3 is 3. The third kappa shape index (κ3) is 3.67. The number of benzene rings is 1. The minimum Gasteiger partial charge on any atom is -0.493 e. The van der Waals surface area contributed by atoms with Gasteiger partial charge in [-0.3, -0.25) is 4.79 Å². The fourth-order valence-corrected chi connectivity index (χ4v) is 3.41. The molecule has 1 N–H and O–H groups in total. The fourth-order valence-electron chi connectivity index (χ4n) is 3.41. The number of carbonyl (C=O) groups is 1. The molecule has 1 aliphatic carbocycles. The Morgan fingerprint density at radius 3 is 2.36 bits per heavy atom. The van der Waals surface area contributed by atoms with Crippen molar-refractivity contribution in [3.05, 3.63) is 17.7 Å². The van der Waals surface area contributed by atoms with Crippen LogP contribution in [0, 0.1) is 0 Å². The highest BCUT2D eigenvalue weighted by Gasteiger charge is 2.43. The van der Waals surface area contributed by atoms with E-state index in [1.54, 1.807) is 12.1 Å². The summed E-state index contributed by atoms with van der Waals surface area (Å²) in [5.41, 5.74) is 0.434. The lowest BCUT2D eigenvalue weighted by Gasteiger charge is -2.22. The SMILES string of the molecule is COc1cc(C(=O)NC[C@H]2COC3(CCCC3)O2)cc(OC)c1OC. The van der Waals surface area contributed by atoms with E-state index in [-0.39, 0.29) is 12.0 Å². The van der Waals surface area contributed by atoms with Crippen molar-refractivity contribution in [2.24, 2.45) is 0 Å². The molecule has 1 saturated heterocycles. The maximum absolute atomic E-state index is 12.5. The summed E-state index contributed by atoms with van der Waals surface area (Å²) in [5.74, 6) is 0.698. The average Bonchev–Trinajstić information content (AvgIpc) is 3.28. The quantitative estimate of drug-likeness (QED) is 0.846. The van der Waals surface area contributed by atoms with Crippen molar-refractivity contribution in [1.29, 1.82) is 0 Å². The van der Waals surface area contributed by atoms with Crippen LogP contribution in [0.3, 0.4) is 0 Å². The van der Waals surface area contributed by atoms with Crippen LogP contribution < -0.4 is 19.5 Å². The van der Waals surface area contributed by atoms with Crippen LogP contribution >= 0.6 is 0 Å². The monoisotopic (exact) mass is 351 g/mol. The predicted octanol–water partition coefficient (Wildman–Crippen LogP) is 2.13. The number of ether oxygens (including phenoxy) is 5. The Morgan fingerprint density at radius 1 is 1.16 bits per heavy atom. The number of hydrogen-bond donors (Lipinski definition) is 1. The molecule has 0 bridgehead atoms. The summed E-state index contributed by atoms with van der Waals surface area (Å²) in [6.07, 6.45) is 4.01.